The molecule has 0 aliphatic rings. The second-order valence-corrected chi connectivity index (χ2v) is 10.3. The minimum atomic E-state index is -1.67. The van der Waals surface area contributed by atoms with Crippen LogP contribution in [0.15, 0.2) is 16.7 Å². The molecule has 4 heteroatoms. The molecule has 0 saturated carbocycles. The minimum absolute atomic E-state index is 0.237. The smallest absolute Gasteiger partial charge is 0.284 e. The standard InChI is InChI=1S/C12H22O3Si/c1-12(2,3)16(5,6)15-9-10-7-11(13-4)14-8-10/h7-8H,9H2,1-6H3. The highest BCUT2D eigenvalue weighted by Gasteiger charge is 2.37. The average molecular weight is 242 g/mol. The van der Waals surface area contributed by atoms with E-state index in [1.165, 1.54) is 0 Å². The average Bonchev–Trinajstić information content (AvgIpc) is 2.60. The summed E-state index contributed by atoms with van der Waals surface area (Å²) in [5, 5.41) is 0.237. The second kappa shape index (κ2) is 4.63. The molecule has 0 saturated heterocycles. The molecule has 0 unspecified atom stereocenters. The molecule has 16 heavy (non-hydrogen) atoms. The number of furan rings is 1. The molecule has 1 rings (SSSR count). The Bertz CT molecular complexity index is 336. The topological polar surface area (TPSA) is 31.6 Å². The van der Waals surface area contributed by atoms with Gasteiger partial charge in [0.2, 0.25) is 0 Å². The Hall–Kier alpha value is -0.743. The number of methoxy groups -OCH3 is 1. The molecule has 0 N–H and O–H groups in total. The monoisotopic (exact) mass is 242 g/mol. The van der Waals surface area contributed by atoms with Crippen LogP contribution in [0.3, 0.4) is 0 Å². The molecule has 0 radical (unpaired) electrons. The third-order valence-corrected chi connectivity index (χ3v) is 7.72. The predicted molar refractivity (Wildman–Crippen MR) is 67.2 cm³/mol. The summed E-state index contributed by atoms with van der Waals surface area (Å²) < 4.78 is 16.2. The quantitative estimate of drug-likeness (QED) is 0.752. The fraction of sp³-hybridized carbons (Fsp3) is 0.667. The van der Waals surface area contributed by atoms with E-state index in [0.29, 0.717) is 12.6 Å². The van der Waals surface area contributed by atoms with Crippen LogP contribution in [0.5, 0.6) is 5.95 Å². The summed E-state index contributed by atoms with van der Waals surface area (Å²) in [6, 6.07) is 1.87. The fourth-order valence-electron chi connectivity index (χ4n) is 1.02. The van der Waals surface area contributed by atoms with Crippen molar-refractivity contribution in [2.45, 2.75) is 45.5 Å². The van der Waals surface area contributed by atoms with Gasteiger partial charge in [0.25, 0.3) is 5.95 Å². The minimum Gasteiger partial charge on any atom is -0.468 e. The van der Waals surface area contributed by atoms with Gasteiger partial charge in [-0.25, -0.2) is 0 Å². The van der Waals surface area contributed by atoms with E-state index >= 15 is 0 Å². The zero-order valence-corrected chi connectivity index (χ0v) is 12.1. The Balaban J connectivity index is 2.57. The molecule has 0 fully saturated rings. The Labute approximate surface area is 98.9 Å². The van der Waals surface area contributed by atoms with E-state index in [2.05, 4.69) is 33.9 Å². The molecule has 0 spiro atoms. The summed E-state index contributed by atoms with van der Waals surface area (Å²) in [6.45, 7) is 11.8. The maximum atomic E-state index is 6.06. The van der Waals surface area contributed by atoms with E-state index in [1.54, 1.807) is 13.4 Å². The Morgan fingerprint density at radius 2 is 1.94 bits per heavy atom. The third kappa shape index (κ3) is 3.12. The van der Waals surface area contributed by atoms with E-state index in [4.69, 9.17) is 13.6 Å². The fourth-order valence-corrected chi connectivity index (χ4v) is 1.98. The summed E-state index contributed by atoms with van der Waals surface area (Å²) in [5.41, 5.74) is 1.03. The molecule has 92 valence electrons. The van der Waals surface area contributed by atoms with Gasteiger partial charge in [0.05, 0.1) is 13.7 Å². The first-order valence-corrected chi connectivity index (χ1v) is 8.42. The van der Waals surface area contributed by atoms with Crippen LogP contribution in [-0.4, -0.2) is 15.4 Å². The van der Waals surface area contributed by atoms with Crippen LogP contribution in [0.1, 0.15) is 26.3 Å². The lowest BCUT2D eigenvalue weighted by molar-refractivity contribution is 0.274. The van der Waals surface area contributed by atoms with Crippen molar-refractivity contribution in [2.24, 2.45) is 0 Å². The van der Waals surface area contributed by atoms with Crippen LogP contribution in [0, 0.1) is 0 Å². The highest BCUT2D eigenvalue weighted by molar-refractivity contribution is 6.74. The Morgan fingerprint density at radius 3 is 2.38 bits per heavy atom. The van der Waals surface area contributed by atoms with Gasteiger partial charge in [0.15, 0.2) is 8.32 Å². The van der Waals surface area contributed by atoms with Crippen molar-refractivity contribution < 1.29 is 13.6 Å². The lowest BCUT2D eigenvalue weighted by Gasteiger charge is -2.35. The molecule has 0 aliphatic heterocycles. The van der Waals surface area contributed by atoms with Gasteiger partial charge in [-0.1, -0.05) is 20.8 Å². The van der Waals surface area contributed by atoms with Gasteiger partial charge in [-0.3, -0.25) is 0 Å². The SMILES string of the molecule is COc1cc(CO[Si](C)(C)C(C)(C)C)co1. The van der Waals surface area contributed by atoms with Crippen LogP contribution >= 0.6 is 0 Å². The van der Waals surface area contributed by atoms with Crippen molar-refractivity contribution in [1.29, 1.82) is 0 Å². The third-order valence-electron chi connectivity index (χ3n) is 3.24. The summed E-state index contributed by atoms with van der Waals surface area (Å²) in [6.07, 6.45) is 1.69. The van der Waals surface area contributed by atoms with Crippen molar-refractivity contribution in [2.75, 3.05) is 7.11 Å². The van der Waals surface area contributed by atoms with Crippen molar-refractivity contribution in [3.63, 3.8) is 0 Å². The molecular weight excluding hydrogens is 220 g/mol. The molecule has 0 aliphatic carbocycles. The Morgan fingerprint density at radius 1 is 1.31 bits per heavy atom. The van der Waals surface area contributed by atoms with E-state index < -0.39 is 8.32 Å². The first-order chi connectivity index (χ1) is 7.26. The first-order valence-electron chi connectivity index (χ1n) is 5.51. The van der Waals surface area contributed by atoms with Crippen molar-refractivity contribution in [3.8, 4) is 5.95 Å². The summed E-state index contributed by atoms with van der Waals surface area (Å²) in [5.74, 6) is 0.536. The van der Waals surface area contributed by atoms with E-state index in [1.807, 2.05) is 6.07 Å². The largest absolute Gasteiger partial charge is 0.468 e. The molecule has 0 aromatic carbocycles. The van der Waals surface area contributed by atoms with Gasteiger partial charge in [0, 0.05) is 11.6 Å². The summed E-state index contributed by atoms with van der Waals surface area (Å²) in [7, 11) is -0.0765. The van der Waals surface area contributed by atoms with Gasteiger partial charge in [-0.05, 0) is 18.1 Å². The normalized spacial score (nSPS) is 12.9. The van der Waals surface area contributed by atoms with Crippen molar-refractivity contribution in [1.82, 2.24) is 0 Å². The molecular formula is C12H22O3Si. The highest BCUT2D eigenvalue weighted by Crippen LogP contribution is 2.37. The van der Waals surface area contributed by atoms with Crippen LogP contribution in [-0.2, 0) is 11.0 Å². The lowest BCUT2D eigenvalue weighted by Crippen LogP contribution is -2.40. The van der Waals surface area contributed by atoms with E-state index in [0.717, 1.165) is 5.56 Å². The number of hydrogen-bond donors (Lipinski definition) is 0. The maximum Gasteiger partial charge on any atom is 0.284 e. The molecule has 3 nitrogen and oxygen atoms in total. The van der Waals surface area contributed by atoms with Crippen molar-refractivity contribution in [3.05, 3.63) is 17.9 Å². The van der Waals surface area contributed by atoms with Gasteiger partial charge >= 0.3 is 0 Å². The molecule has 0 atom stereocenters. The molecule has 0 bridgehead atoms. The predicted octanol–water partition coefficient (Wildman–Crippen LogP) is 3.81. The molecule has 0 amide bonds. The van der Waals surface area contributed by atoms with Crippen molar-refractivity contribution >= 4 is 8.32 Å². The number of hydrogen-bond acceptors (Lipinski definition) is 3. The van der Waals surface area contributed by atoms with Gasteiger partial charge in [-0.15, -0.1) is 0 Å². The van der Waals surface area contributed by atoms with Gasteiger partial charge < -0.3 is 13.6 Å². The maximum absolute atomic E-state index is 6.06. The summed E-state index contributed by atoms with van der Waals surface area (Å²) >= 11 is 0. The number of ether oxygens (including phenoxy) is 1. The number of rotatable bonds is 4. The van der Waals surface area contributed by atoms with Crippen LogP contribution in [0.2, 0.25) is 18.1 Å². The highest BCUT2D eigenvalue weighted by atomic mass is 28.4. The lowest BCUT2D eigenvalue weighted by atomic mass is 10.2. The zero-order chi connectivity index (χ0) is 12.4. The van der Waals surface area contributed by atoms with E-state index in [-0.39, 0.29) is 5.04 Å². The van der Waals surface area contributed by atoms with Crippen LogP contribution in [0.25, 0.3) is 0 Å². The second-order valence-electron chi connectivity index (χ2n) is 5.53. The molecule has 1 aromatic rings. The van der Waals surface area contributed by atoms with Gasteiger partial charge in [-0.2, -0.15) is 0 Å². The Kier molecular flexibility index (Phi) is 3.86. The van der Waals surface area contributed by atoms with E-state index in [9.17, 15) is 0 Å². The van der Waals surface area contributed by atoms with Crippen LogP contribution < -0.4 is 4.74 Å². The molecule has 1 heterocycles. The zero-order valence-electron chi connectivity index (χ0n) is 11.1. The first kappa shape index (κ1) is 13.3. The van der Waals surface area contributed by atoms with Gasteiger partial charge in [0.1, 0.15) is 6.26 Å². The molecule has 1 aromatic heterocycles. The van der Waals surface area contributed by atoms with Crippen LogP contribution in [0.4, 0.5) is 0 Å². The summed E-state index contributed by atoms with van der Waals surface area (Å²) in [4.78, 5) is 0.